The van der Waals surface area contributed by atoms with E-state index in [1.165, 1.54) is 6.07 Å². The minimum atomic E-state index is -1.53. The number of nitrogens with one attached hydrogen (secondary N) is 1. The van der Waals surface area contributed by atoms with Crippen LogP contribution >= 0.6 is 0 Å². The maximum Gasteiger partial charge on any atom is 0.160 e. The third-order valence-electron chi connectivity index (χ3n) is 2.13. The highest BCUT2D eigenvalue weighted by Crippen LogP contribution is 2.12. The summed E-state index contributed by atoms with van der Waals surface area (Å²) >= 11 is 0. The Hall–Kier alpha value is -0.850. The number of rotatable bonds is 6. The van der Waals surface area contributed by atoms with Gasteiger partial charge < -0.3 is 10.4 Å². The van der Waals surface area contributed by atoms with E-state index in [0.29, 0.717) is 13.1 Å². The van der Waals surface area contributed by atoms with E-state index in [-0.39, 0.29) is 10.6 Å². The molecular formula is C11H15F2NO2S. The minimum absolute atomic E-state index is 0.00191. The average molecular weight is 263 g/mol. The Morgan fingerprint density at radius 2 is 2.12 bits per heavy atom. The van der Waals surface area contributed by atoms with Crippen LogP contribution in [0.25, 0.3) is 0 Å². The molecule has 1 aromatic carbocycles. The van der Waals surface area contributed by atoms with Crippen molar-refractivity contribution in [1.29, 1.82) is 0 Å². The molecule has 17 heavy (non-hydrogen) atoms. The summed E-state index contributed by atoms with van der Waals surface area (Å²) < 4.78 is 37.3. The number of aliphatic hydroxyl groups is 1. The molecule has 0 heterocycles. The van der Waals surface area contributed by atoms with Crippen LogP contribution in [0.4, 0.5) is 8.78 Å². The fraction of sp³-hybridized carbons (Fsp3) is 0.455. The van der Waals surface area contributed by atoms with E-state index in [0.717, 1.165) is 12.1 Å². The fourth-order valence-corrected chi connectivity index (χ4v) is 2.37. The lowest BCUT2D eigenvalue weighted by Crippen LogP contribution is -2.30. The van der Waals surface area contributed by atoms with Gasteiger partial charge in [-0.05, 0) is 24.7 Å². The topological polar surface area (TPSA) is 49.3 Å². The number of likely N-dealkylation sites (N-methyl/N-ethyl adjacent to an activating group) is 1. The zero-order valence-corrected chi connectivity index (χ0v) is 10.3. The fourth-order valence-electron chi connectivity index (χ4n) is 1.26. The van der Waals surface area contributed by atoms with Gasteiger partial charge in [0.15, 0.2) is 11.6 Å². The Kier molecular flexibility index (Phi) is 5.67. The van der Waals surface area contributed by atoms with Crippen LogP contribution in [-0.4, -0.2) is 34.3 Å². The van der Waals surface area contributed by atoms with Gasteiger partial charge in [0.2, 0.25) is 0 Å². The maximum atomic E-state index is 12.9. The third-order valence-corrected chi connectivity index (χ3v) is 3.59. The molecule has 6 heteroatoms. The molecule has 0 bridgehead atoms. The Balaban J connectivity index is 2.60. The van der Waals surface area contributed by atoms with Gasteiger partial charge in [-0.3, -0.25) is 4.21 Å². The normalized spacial score (nSPS) is 14.6. The third kappa shape index (κ3) is 4.49. The largest absolute Gasteiger partial charge is 0.391 e. The number of benzene rings is 1. The van der Waals surface area contributed by atoms with Crippen LogP contribution in [0.1, 0.15) is 6.92 Å². The van der Waals surface area contributed by atoms with Crippen molar-refractivity contribution in [3.8, 4) is 0 Å². The Bertz CT molecular complexity index is 401. The van der Waals surface area contributed by atoms with Crippen LogP contribution in [0.15, 0.2) is 23.1 Å². The SMILES string of the molecule is CCNCC(O)CS(=O)c1ccc(F)c(F)c1. The molecule has 0 aromatic heterocycles. The summed E-state index contributed by atoms with van der Waals surface area (Å²) in [6.45, 7) is 2.92. The monoisotopic (exact) mass is 263 g/mol. The van der Waals surface area contributed by atoms with Crippen molar-refractivity contribution in [2.45, 2.75) is 17.9 Å². The highest BCUT2D eigenvalue weighted by molar-refractivity contribution is 7.85. The minimum Gasteiger partial charge on any atom is -0.391 e. The zero-order valence-electron chi connectivity index (χ0n) is 9.45. The highest BCUT2D eigenvalue weighted by atomic mass is 32.2. The highest BCUT2D eigenvalue weighted by Gasteiger charge is 2.13. The molecule has 0 spiro atoms. The summed E-state index contributed by atoms with van der Waals surface area (Å²) in [5, 5.41) is 12.4. The van der Waals surface area contributed by atoms with Crippen molar-refractivity contribution in [3.05, 3.63) is 29.8 Å². The molecule has 0 saturated carbocycles. The second kappa shape index (κ2) is 6.78. The molecular weight excluding hydrogens is 248 g/mol. The molecule has 1 rings (SSSR count). The molecule has 0 aliphatic heterocycles. The summed E-state index contributed by atoms with van der Waals surface area (Å²) in [4.78, 5) is 0.180. The van der Waals surface area contributed by atoms with E-state index in [2.05, 4.69) is 5.32 Å². The van der Waals surface area contributed by atoms with Gasteiger partial charge in [0.1, 0.15) is 0 Å². The Labute approximate surface area is 101 Å². The maximum absolute atomic E-state index is 12.9. The summed E-state index contributed by atoms with van der Waals surface area (Å²) in [5.41, 5.74) is 0. The van der Waals surface area contributed by atoms with Gasteiger partial charge in [-0.25, -0.2) is 8.78 Å². The standard InChI is InChI=1S/C11H15F2NO2S/c1-2-14-6-8(15)7-17(16)9-3-4-10(12)11(13)5-9/h3-5,8,14-15H,2,6-7H2,1H3. The quantitative estimate of drug-likeness (QED) is 0.806. The van der Waals surface area contributed by atoms with E-state index in [9.17, 15) is 18.1 Å². The number of hydrogen-bond donors (Lipinski definition) is 2. The molecule has 0 fully saturated rings. The zero-order chi connectivity index (χ0) is 12.8. The average Bonchev–Trinajstić information content (AvgIpc) is 2.30. The molecule has 0 amide bonds. The van der Waals surface area contributed by atoms with Gasteiger partial charge >= 0.3 is 0 Å². The molecule has 96 valence electrons. The summed E-state index contributed by atoms with van der Waals surface area (Å²) in [7, 11) is -1.53. The van der Waals surface area contributed by atoms with Crippen LogP contribution in [0.5, 0.6) is 0 Å². The first kappa shape index (κ1) is 14.2. The Morgan fingerprint density at radius 1 is 1.41 bits per heavy atom. The summed E-state index contributed by atoms with van der Waals surface area (Å²) in [6.07, 6.45) is -0.774. The lowest BCUT2D eigenvalue weighted by atomic mass is 10.3. The van der Waals surface area contributed by atoms with Crippen molar-refractivity contribution in [3.63, 3.8) is 0 Å². The first-order valence-corrected chi connectivity index (χ1v) is 6.58. The molecule has 2 unspecified atom stereocenters. The van der Waals surface area contributed by atoms with E-state index in [1.54, 1.807) is 0 Å². The van der Waals surface area contributed by atoms with E-state index < -0.39 is 28.5 Å². The van der Waals surface area contributed by atoms with Crippen LogP contribution < -0.4 is 5.32 Å². The lowest BCUT2D eigenvalue weighted by Gasteiger charge is -2.10. The second-order valence-corrected chi connectivity index (χ2v) is 5.05. The van der Waals surface area contributed by atoms with Crippen LogP contribution in [0.2, 0.25) is 0 Å². The summed E-state index contributed by atoms with van der Waals surface area (Å²) in [6, 6.07) is 3.08. The van der Waals surface area contributed by atoms with Gasteiger partial charge in [0.25, 0.3) is 0 Å². The van der Waals surface area contributed by atoms with Crippen molar-refractivity contribution >= 4 is 10.8 Å². The predicted octanol–water partition coefficient (Wildman–Crippen LogP) is 1.04. The van der Waals surface area contributed by atoms with Gasteiger partial charge in [-0.2, -0.15) is 0 Å². The van der Waals surface area contributed by atoms with Crippen molar-refractivity contribution in [2.24, 2.45) is 0 Å². The van der Waals surface area contributed by atoms with Crippen LogP contribution in [0, 0.1) is 11.6 Å². The molecule has 1 aromatic rings. The van der Waals surface area contributed by atoms with E-state index >= 15 is 0 Å². The molecule has 2 N–H and O–H groups in total. The van der Waals surface area contributed by atoms with Crippen LogP contribution in [-0.2, 0) is 10.8 Å². The molecule has 0 radical (unpaired) electrons. The van der Waals surface area contributed by atoms with Gasteiger partial charge in [0, 0.05) is 11.4 Å². The Morgan fingerprint density at radius 3 is 2.71 bits per heavy atom. The predicted molar refractivity (Wildman–Crippen MR) is 62.2 cm³/mol. The lowest BCUT2D eigenvalue weighted by molar-refractivity contribution is 0.195. The first-order valence-electron chi connectivity index (χ1n) is 5.26. The molecule has 0 aliphatic rings. The molecule has 0 aliphatic carbocycles. The van der Waals surface area contributed by atoms with Gasteiger partial charge in [-0.15, -0.1) is 0 Å². The van der Waals surface area contributed by atoms with Gasteiger partial charge in [-0.1, -0.05) is 6.92 Å². The molecule has 2 atom stereocenters. The summed E-state index contributed by atoms with van der Waals surface area (Å²) in [5.74, 6) is -2.01. The van der Waals surface area contributed by atoms with Crippen molar-refractivity contribution in [1.82, 2.24) is 5.32 Å². The van der Waals surface area contributed by atoms with Crippen LogP contribution in [0.3, 0.4) is 0 Å². The van der Waals surface area contributed by atoms with Crippen molar-refractivity contribution in [2.75, 3.05) is 18.8 Å². The molecule has 0 saturated heterocycles. The van der Waals surface area contributed by atoms with E-state index in [1.807, 2.05) is 6.92 Å². The van der Waals surface area contributed by atoms with Gasteiger partial charge in [0.05, 0.1) is 22.7 Å². The number of aliphatic hydroxyl groups excluding tert-OH is 1. The second-order valence-electron chi connectivity index (χ2n) is 3.55. The smallest absolute Gasteiger partial charge is 0.160 e. The number of hydrogen-bond acceptors (Lipinski definition) is 3. The number of halogens is 2. The first-order chi connectivity index (χ1) is 8.04. The van der Waals surface area contributed by atoms with E-state index in [4.69, 9.17) is 0 Å². The van der Waals surface area contributed by atoms with Crippen molar-refractivity contribution < 1.29 is 18.1 Å². The molecule has 3 nitrogen and oxygen atoms in total.